The first-order chi connectivity index (χ1) is 6.56. The third kappa shape index (κ3) is 1.96. The van der Waals surface area contributed by atoms with Gasteiger partial charge in [0.15, 0.2) is 0 Å². The third-order valence-electron chi connectivity index (χ3n) is 2.09. The molecule has 0 aliphatic rings. The SMILES string of the molecule is CCC(C(=O)O)c1cc(O)ccc1O. The second-order valence-electron chi connectivity index (χ2n) is 3.04. The summed E-state index contributed by atoms with van der Waals surface area (Å²) in [5.41, 5.74) is 0.250. The number of carboxylic acid groups (broad SMARTS) is 1. The van der Waals surface area contributed by atoms with Crippen molar-refractivity contribution in [3.05, 3.63) is 23.8 Å². The van der Waals surface area contributed by atoms with Crippen molar-refractivity contribution in [1.29, 1.82) is 0 Å². The average Bonchev–Trinajstić information content (AvgIpc) is 2.11. The van der Waals surface area contributed by atoms with Crippen molar-refractivity contribution >= 4 is 5.97 Å². The molecule has 14 heavy (non-hydrogen) atoms. The van der Waals surface area contributed by atoms with E-state index in [-0.39, 0.29) is 17.1 Å². The van der Waals surface area contributed by atoms with Crippen molar-refractivity contribution in [2.45, 2.75) is 19.3 Å². The molecule has 4 heteroatoms. The summed E-state index contributed by atoms with van der Waals surface area (Å²) in [7, 11) is 0. The molecule has 0 aromatic heterocycles. The Balaban J connectivity index is 3.15. The Hall–Kier alpha value is -1.71. The molecule has 1 unspecified atom stereocenters. The molecule has 0 amide bonds. The molecule has 1 atom stereocenters. The first-order valence-corrected chi connectivity index (χ1v) is 4.31. The van der Waals surface area contributed by atoms with Crippen LogP contribution in [0, 0.1) is 0 Å². The standard InChI is InChI=1S/C10H12O4/c1-2-7(10(13)14)8-5-6(11)3-4-9(8)12/h3-5,7,11-12H,2H2,1H3,(H,13,14). The smallest absolute Gasteiger partial charge is 0.311 e. The number of carbonyl (C=O) groups is 1. The van der Waals surface area contributed by atoms with Gasteiger partial charge in [0.2, 0.25) is 0 Å². The van der Waals surface area contributed by atoms with Crippen molar-refractivity contribution in [2.75, 3.05) is 0 Å². The van der Waals surface area contributed by atoms with Crippen LogP contribution in [0.5, 0.6) is 11.5 Å². The lowest BCUT2D eigenvalue weighted by atomic mass is 9.95. The number of hydrogen-bond acceptors (Lipinski definition) is 3. The Kier molecular flexibility index (Phi) is 2.96. The van der Waals surface area contributed by atoms with Crippen molar-refractivity contribution in [1.82, 2.24) is 0 Å². The fraction of sp³-hybridized carbons (Fsp3) is 0.300. The zero-order valence-electron chi connectivity index (χ0n) is 7.77. The van der Waals surface area contributed by atoms with Gasteiger partial charge in [-0.05, 0) is 24.6 Å². The van der Waals surface area contributed by atoms with Crippen LogP contribution in [0.3, 0.4) is 0 Å². The fourth-order valence-electron chi connectivity index (χ4n) is 1.35. The molecule has 0 saturated heterocycles. The Labute approximate surface area is 81.4 Å². The fourth-order valence-corrected chi connectivity index (χ4v) is 1.35. The van der Waals surface area contributed by atoms with Crippen LogP contribution in [0.25, 0.3) is 0 Å². The van der Waals surface area contributed by atoms with Gasteiger partial charge in [0, 0.05) is 5.56 Å². The van der Waals surface area contributed by atoms with Crippen LogP contribution in [0.2, 0.25) is 0 Å². The highest BCUT2D eigenvalue weighted by atomic mass is 16.4. The van der Waals surface area contributed by atoms with E-state index in [1.54, 1.807) is 6.92 Å². The summed E-state index contributed by atoms with van der Waals surface area (Å²) in [5, 5.41) is 27.4. The van der Waals surface area contributed by atoms with E-state index in [0.717, 1.165) is 0 Å². The molecular formula is C10H12O4. The Morgan fingerprint density at radius 3 is 2.57 bits per heavy atom. The number of carboxylic acids is 1. The summed E-state index contributed by atoms with van der Waals surface area (Å²) >= 11 is 0. The number of aliphatic carboxylic acids is 1. The number of phenolic OH excluding ortho intramolecular Hbond substituents is 2. The minimum Gasteiger partial charge on any atom is -0.508 e. The highest BCUT2D eigenvalue weighted by molar-refractivity contribution is 5.77. The third-order valence-corrected chi connectivity index (χ3v) is 2.09. The molecule has 1 aromatic carbocycles. The van der Waals surface area contributed by atoms with E-state index < -0.39 is 11.9 Å². The maximum absolute atomic E-state index is 10.8. The first-order valence-electron chi connectivity index (χ1n) is 4.31. The van der Waals surface area contributed by atoms with Crippen molar-refractivity contribution in [3.8, 4) is 11.5 Å². The molecule has 1 aromatic rings. The highest BCUT2D eigenvalue weighted by Crippen LogP contribution is 2.31. The largest absolute Gasteiger partial charge is 0.508 e. The molecule has 3 N–H and O–H groups in total. The second-order valence-corrected chi connectivity index (χ2v) is 3.04. The van der Waals surface area contributed by atoms with Gasteiger partial charge < -0.3 is 15.3 Å². The zero-order valence-corrected chi connectivity index (χ0v) is 7.77. The molecule has 0 spiro atoms. The van der Waals surface area contributed by atoms with Crippen LogP contribution in [0.1, 0.15) is 24.8 Å². The average molecular weight is 196 g/mol. The number of aromatic hydroxyl groups is 2. The minimum atomic E-state index is -1.01. The molecule has 0 saturated carbocycles. The van der Waals surface area contributed by atoms with Crippen LogP contribution < -0.4 is 0 Å². The molecular weight excluding hydrogens is 184 g/mol. The topological polar surface area (TPSA) is 77.8 Å². The highest BCUT2D eigenvalue weighted by Gasteiger charge is 2.21. The second kappa shape index (κ2) is 4.00. The zero-order chi connectivity index (χ0) is 10.7. The predicted octanol–water partition coefficient (Wildman–Crippen LogP) is 1.68. The van der Waals surface area contributed by atoms with Gasteiger partial charge in [-0.25, -0.2) is 0 Å². The molecule has 0 aliphatic carbocycles. The summed E-state index contributed by atoms with van der Waals surface area (Å²) in [6.45, 7) is 1.71. The minimum absolute atomic E-state index is 0.0440. The molecule has 4 nitrogen and oxygen atoms in total. The summed E-state index contributed by atoms with van der Waals surface area (Å²) < 4.78 is 0. The van der Waals surface area contributed by atoms with Gasteiger partial charge in [0.1, 0.15) is 11.5 Å². The number of hydrogen-bond donors (Lipinski definition) is 3. The molecule has 0 aliphatic heterocycles. The summed E-state index contributed by atoms with van der Waals surface area (Å²) in [6, 6.07) is 3.88. The van der Waals surface area contributed by atoms with Gasteiger partial charge in [0.05, 0.1) is 5.92 Å². The first kappa shape index (κ1) is 10.4. The van der Waals surface area contributed by atoms with Crippen LogP contribution in [-0.4, -0.2) is 21.3 Å². The Bertz CT molecular complexity index is 346. The molecule has 0 fully saturated rings. The maximum Gasteiger partial charge on any atom is 0.311 e. The molecule has 1 rings (SSSR count). The lowest BCUT2D eigenvalue weighted by Gasteiger charge is -2.11. The normalized spacial score (nSPS) is 12.4. The van der Waals surface area contributed by atoms with E-state index in [1.165, 1.54) is 18.2 Å². The van der Waals surface area contributed by atoms with Gasteiger partial charge in [0.25, 0.3) is 0 Å². The van der Waals surface area contributed by atoms with Crippen LogP contribution in [0.15, 0.2) is 18.2 Å². The van der Waals surface area contributed by atoms with E-state index in [2.05, 4.69) is 0 Å². The van der Waals surface area contributed by atoms with E-state index in [0.29, 0.717) is 6.42 Å². The molecule has 0 heterocycles. The van der Waals surface area contributed by atoms with Crippen molar-refractivity contribution in [2.24, 2.45) is 0 Å². The molecule has 0 radical (unpaired) electrons. The van der Waals surface area contributed by atoms with Gasteiger partial charge >= 0.3 is 5.97 Å². The number of phenols is 2. The number of benzene rings is 1. The van der Waals surface area contributed by atoms with Crippen molar-refractivity contribution in [3.63, 3.8) is 0 Å². The summed E-state index contributed by atoms with van der Waals surface area (Å²) in [5.74, 6) is -1.93. The van der Waals surface area contributed by atoms with E-state index in [1.807, 2.05) is 0 Å². The quantitative estimate of drug-likeness (QED) is 0.642. The lowest BCUT2D eigenvalue weighted by Crippen LogP contribution is -2.10. The molecule has 76 valence electrons. The monoisotopic (exact) mass is 196 g/mol. The van der Waals surface area contributed by atoms with E-state index in [9.17, 15) is 9.90 Å². The van der Waals surface area contributed by atoms with Gasteiger partial charge in [-0.3, -0.25) is 4.79 Å². The number of rotatable bonds is 3. The predicted molar refractivity (Wildman–Crippen MR) is 50.4 cm³/mol. The van der Waals surface area contributed by atoms with Crippen molar-refractivity contribution < 1.29 is 20.1 Å². The van der Waals surface area contributed by atoms with Crippen LogP contribution >= 0.6 is 0 Å². The maximum atomic E-state index is 10.8. The Morgan fingerprint density at radius 1 is 1.43 bits per heavy atom. The van der Waals surface area contributed by atoms with E-state index in [4.69, 9.17) is 10.2 Å². The lowest BCUT2D eigenvalue weighted by molar-refractivity contribution is -0.138. The summed E-state index contributed by atoms with van der Waals surface area (Å²) in [4.78, 5) is 10.8. The van der Waals surface area contributed by atoms with Crippen LogP contribution in [0.4, 0.5) is 0 Å². The Morgan fingerprint density at radius 2 is 2.07 bits per heavy atom. The van der Waals surface area contributed by atoms with Crippen LogP contribution in [-0.2, 0) is 4.79 Å². The van der Waals surface area contributed by atoms with E-state index >= 15 is 0 Å². The summed E-state index contributed by atoms with van der Waals surface area (Å²) in [6.07, 6.45) is 0.367. The molecule has 0 bridgehead atoms. The van der Waals surface area contributed by atoms with Gasteiger partial charge in [-0.1, -0.05) is 6.92 Å². The van der Waals surface area contributed by atoms with Gasteiger partial charge in [-0.15, -0.1) is 0 Å². The van der Waals surface area contributed by atoms with Gasteiger partial charge in [-0.2, -0.15) is 0 Å².